The first kappa shape index (κ1) is 22.6. The molecule has 2 heterocycles. The molecule has 9 heteroatoms. The number of rotatable bonds is 6. The van der Waals surface area contributed by atoms with E-state index in [0.717, 1.165) is 5.56 Å². The van der Waals surface area contributed by atoms with Gasteiger partial charge in [-0.05, 0) is 42.0 Å². The van der Waals surface area contributed by atoms with E-state index in [-0.39, 0.29) is 17.6 Å². The van der Waals surface area contributed by atoms with E-state index in [0.29, 0.717) is 39.4 Å². The minimum atomic E-state index is -0.458. The van der Waals surface area contributed by atoms with Gasteiger partial charge in [-0.1, -0.05) is 41.9 Å². The predicted molar refractivity (Wildman–Crippen MR) is 134 cm³/mol. The number of carbonyl (C=O) groups is 1. The molecule has 7 nitrogen and oxygen atoms in total. The molecule has 0 saturated heterocycles. The average Bonchev–Trinajstić information content (AvgIpc) is 3.14. The maximum atomic E-state index is 14.1. The van der Waals surface area contributed by atoms with Crippen molar-refractivity contribution in [1.29, 1.82) is 0 Å². The van der Waals surface area contributed by atoms with E-state index in [1.807, 2.05) is 30.3 Å². The maximum Gasteiger partial charge on any atom is 0.278 e. The number of halogens is 2. The number of aromatic nitrogens is 3. The van der Waals surface area contributed by atoms with Crippen LogP contribution in [0.2, 0.25) is 5.02 Å². The van der Waals surface area contributed by atoms with E-state index < -0.39 is 11.7 Å². The van der Waals surface area contributed by atoms with Crippen molar-refractivity contribution in [2.45, 2.75) is 13.1 Å². The summed E-state index contributed by atoms with van der Waals surface area (Å²) in [5, 5.41) is 3.67. The smallest absolute Gasteiger partial charge is 0.278 e. The zero-order valence-corrected chi connectivity index (χ0v) is 19.4. The molecule has 0 spiro atoms. The molecule has 176 valence electrons. The number of hydrogen-bond donors (Lipinski definition) is 1. The van der Waals surface area contributed by atoms with Gasteiger partial charge in [-0.25, -0.2) is 9.37 Å². The molecular formula is C26H20ClFN4O3. The monoisotopic (exact) mass is 490 g/mol. The molecule has 1 N–H and O–H groups in total. The summed E-state index contributed by atoms with van der Waals surface area (Å²) in [4.78, 5) is 31.1. The minimum absolute atomic E-state index is 0.201. The van der Waals surface area contributed by atoms with Crippen molar-refractivity contribution < 1.29 is 13.9 Å². The number of ether oxygens (including phenoxy) is 1. The molecule has 0 radical (unpaired) electrons. The number of nitrogens with zero attached hydrogens (tertiary/aromatic N) is 3. The Hall–Kier alpha value is -4.17. The highest BCUT2D eigenvalue weighted by atomic mass is 35.5. The molecule has 0 bridgehead atoms. The van der Waals surface area contributed by atoms with Gasteiger partial charge in [-0.3, -0.25) is 14.2 Å². The first-order chi connectivity index (χ1) is 16.9. The van der Waals surface area contributed by atoms with E-state index in [9.17, 15) is 14.0 Å². The topological polar surface area (TPSA) is 78.2 Å². The second-order valence-electron chi connectivity index (χ2n) is 8.00. The van der Waals surface area contributed by atoms with Crippen LogP contribution in [0.25, 0.3) is 21.9 Å². The van der Waals surface area contributed by atoms with Crippen LogP contribution < -0.4 is 15.6 Å². The number of amides is 1. The summed E-state index contributed by atoms with van der Waals surface area (Å²) in [7, 11) is 1.49. The second-order valence-corrected chi connectivity index (χ2v) is 8.44. The van der Waals surface area contributed by atoms with Gasteiger partial charge >= 0.3 is 0 Å². The van der Waals surface area contributed by atoms with Crippen molar-refractivity contribution in [3.05, 3.63) is 99.8 Å². The van der Waals surface area contributed by atoms with Gasteiger partial charge in [0.25, 0.3) is 5.56 Å². The molecule has 0 aliphatic carbocycles. The highest BCUT2D eigenvalue weighted by Crippen LogP contribution is 2.29. The molecule has 0 aliphatic heterocycles. The average molecular weight is 491 g/mol. The van der Waals surface area contributed by atoms with Gasteiger partial charge in [0.15, 0.2) is 0 Å². The summed E-state index contributed by atoms with van der Waals surface area (Å²) < 4.78 is 22.4. The number of fused-ring (bicyclic) bond motifs is 3. The summed E-state index contributed by atoms with van der Waals surface area (Å²) in [6, 6.07) is 18.5. The van der Waals surface area contributed by atoms with E-state index >= 15 is 0 Å². The first-order valence-electron chi connectivity index (χ1n) is 10.8. The van der Waals surface area contributed by atoms with Gasteiger partial charge in [0, 0.05) is 10.4 Å². The summed E-state index contributed by atoms with van der Waals surface area (Å²) in [6.07, 6.45) is 1.45. The van der Waals surface area contributed by atoms with Crippen LogP contribution in [0.4, 0.5) is 10.1 Å². The van der Waals surface area contributed by atoms with Crippen molar-refractivity contribution in [3.8, 4) is 5.75 Å². The molecule has 2 aromatic heterocycles. The molecular weight excluding hydrogens is 471 g/mol. The molecule has 0 saturated carbocycles. The molecule has 1 amide bonds. The number of hydrogen-bond acceptors (Lipinski definition) is 4. The molecule has 0 atom stereocenters. The minimum Gasteiger partial charge on any atom is -0.495 e. The third-order valence-electron chi connectivity index (χ3n) is 5.72. The number of methoxy groups -OCH3 is 1. The molecule has 5 aromatic rings. The van der Waals surface area contributed by atoms with Crippen LogP contribution in [0.1, 0.15) is 5.56 Å². The lowest BCUT2D eigenvalue weighted by Gasteiger charge is -2.12. The Kier molecular flexibility index (Phi) is 5.96. The van der Waals surface area contributed by atoms with Gasteiger partial charge in [0.05, 0.1) is 31.2 Å². The van der Waals surface area contributed by atoms with Gasteiger partial charge in [0.1, 0.15) is 29.1 Å². The number of nitrogens with one attached hydrogen (secondary N) is 1. The molecule has 35 heavy (non-hydrogen) atoms. The summed E-state index contributed by atoms with van der Waals surface area (Å²) in [6.45, 7) is 0.109. The molecule has 0 aliphatic rings. The summed E-state index contributed by atoms with van der Waals surface area (Å²) >= 11 is 6.08. The Morgan fingerprint density at radius 2 is 1.91 bits per heavy atom. The highest BCUT2D eigenvalue weighted by molar-refractivity contribution is 6.31. The molecule has 5 rings (SSSR count). The lowest BCUT2D eigenvalue weighted by molar-refractivity contribution is -0.116. The fourth-order valence-corrected chi connectivity index (χ4v) is 4.31. The zero-order valence-electron chi connectivity index (χ0n) is 18.7. The van der Waals surface area contributed by atoms with Gasteiger partial charge in [-0.15, -0.1) is 0 Å². The Balaban J connectivity index is 1.60. The van der Waals surface area contributed by atoms with Crippen LogP contribution in [0.5, 0.6) is 5.75 Å². The van der Waals surface area contributed by atoms with Crippen LogP contribution in [0, 0.1) is 5.82 Å². The van der Waals surface area contributed by atoms with Crippen molar-refractivity contribution in [2.24, 2.45) is 0 Å². The largest absolute Gasteiger partial charge is 0.495 e. The second kappa shape index (κ2) is 9.23. The van der Waals surface area contributed by atoms with E-state index in [4.69, 9.17) is 16.3 Å². The maximum absolute atomic E-state index is 14.1. The van der Waals surface area contributed by atoms with E-state index in [1.54, 1.807) is 28.8 Å². The molecule has 3 aromatic carbocycles. The SMILES string of the molecule is COc1ccc(Cl)cc1NC(=O)Cn1c2ccc(F)cc2c2ncn(Cc3ccccc3)c(=O)c21. The van der Waals surface area contributed by atoms with E-state index in [1.165, 1.54) is 30.1 Å². The Morgan fingerprint density at radius 1 is 1.11 bits per heavy atom. The highest BCUT2D eigenvalue weighted by Gasteiger charge is 2.20. The standard InChI is InChI=1S/C26H20ClFN4O3/c1-35-22-10-7-17(27)11-20(22)30-23(33)14-32-21-9-8-18(28)12-19(21)24-25(32)26(34)31(15-29-24)13-16-5-3-2-4-6-16/h2-12,15H,13-14H2,1H3,(H,30,33). The number of carbonyl (C=O) groups excluding carboxylic acids is 1. The van der Waals surface area contributed by atoms with Crippen molar-refractivity contribution in [3.63, 3.8) is 0 Å². The summed E-state index contributed by atoms with van der Waals surface area (Å²) in [5.74, 6) is -0.426. The third-order valence-corrected chi connectivity index (χ3v) is 5.96. The quantitative estimate of drug-likeness (QED) is 0.369. The van der Waals surface area contributed by atoms with Crippen LogP contribution >= 0.6 is 11.6 Å². The third kappa shape index (κ3) is 4.36. The van der Waals surface area contributed by atoms with Gasteiger partial charge in [0.2, 0.25) is 5.91 Å². The Morgan fingerprint density at radius 3 is 2.69 bits per heavy atom. The van der Waals surface area contributed by atoms with Crippen molar-refractivity contribution in [2.75, 3.05) is 12.4 Å². The zero-order chi connectivity index (χ0) is 24.5. The Bertz CT molecular complexity index is 1630. The molecule has 0 fully saturated rings. The number of anilines is 1. The first-order valence-corrected chi connectivity index (χ1v) is 11.2. The van der Waals surface area contributed by atoms with Crippen LogP contribution in [0.15, 0.2) is 77.9 Å². The van der Waals surface area contributed by atoms with Crippen LogP contribution in [-0.4, -0.2) is 27.1 Å². The van der Waals surface area contributed by atoms with Gasteiger partial charge in [-0.2, -0.15) is 0 Å². The lowest BCUT2D eigenvalue weighted by Crippen LogP contribution is -2.25. The van der Waals surface area contributed by atoms with E-state index in [2.05, 4.69) is 10.3 Å². The van der Waals surface area contributed by atoms with Crippen LogP contribution in [0.3, 0.4) is 0 Å². The normalized spacial score (nSPS) is 11.2. The fraction of sp³-hybridized carbons (Fsp3) is 0.115. The fourth-order valence-electron chi connectivity index (χ4n) is 4.14. The van der Waals surface area contributed by atoms with Crippen molar-refractivity contribution >= 4 is 45.1 Å². The Labute approximate surface area is 204 Å². The number of benzene rings is 3. The van der Waals surface area contributed by atoms with Gasteiger partial charge < -0.3 is 14.6 Å². The summed E-state index contributed by atoms with van der Waals surface area (Å²) in [5.41, 5.74) is 2.08. The molecule has 0 unspecified atom stereocenters. The predicted octanol–water partition coefficient (Wildman–Crippen LogP) is 4.84. The lowest BCUT2D eigenvalue weighted by atomic mass is 10.2. The van der Waals surface area contributed by atoms with Crippen molar-refractivity contribution in [1.82, 2.24) is 14.1 Å². The van der Waals surface area contributed by atoms with Crippen LogP contribution in [-0.2, 0) is 17.9 Å².